The van der Waals surface area contributed by atoms with Crippen LogP contribution in [0.1, 0.15) is 19.8 Å². The summed E-state index contributed by atoms with van der Waals surface area (Å²) < 4.78 is 5.65. The first-order valence-electron chi connectivity index (χ1n) is 7.33. The van der Waals surface area contributed by atoms with E-state index >= 15 is 0 Å². The molecule has 0 aromatic heterocycles. The highest BCUT2D eigenvalue weighted by Crippen LogP contribution is 2.14. The smallest absolute Gasteiger partial charge is 0.225 e. The lowest BCUT2D eigenvalue weighted by Gasteiger charge is -2.26. The second-order valence-electron chi connectivity index (χ2n) is 5.45. The zero-order valence-corrected chi connectivity index (χ0v) is 13.6. The Bertz CT molecular complexity index is 422. The summed E-state index contributed by atoms with van der Waals surface area (Å²) >= 11 is 0. The number of carbonyl (C=O) groups excluding carboxylic acids is 1. The Morgan fingerprint density at radius 2 is 2.14 bits per heavy atom. The van der Waals surface area contributed by atoms with Crippen molar-refractivity contribution >= 4 is 18.3 Å². The van der Waals surface area contributed by atoms with Crippen LogP contribution >= 0.6 is 12.4 Å². The van der Waals surface area contributed by atoms with Crippen molar-refractivity contribution in [1.82, 2.24) is 10.2 Å². The quantitative estimate of drug-likeness (QED) is 0.876. The van der Waals surface area contributed by atoms with Gasteiger partial charge in [0.05, 0.1) is 6.61 Å². The summed E-state index contributed by atoms with van der Waals surface area (Å²) in [6, 6.07) is 10.1. The van der Waals surface area contributed by atoms with Crippen molar-refractivity contribution in [2.75, 3.05) is 26.7 Å². The maximum atomic E-state index is 12.3. The first-order chi connectivity index (χ1) is 9.68. The summed E-state index contributed by atoms with van der Waals surface area (Å²) in [5.74, 6) is 1.08. The van der Waals surface area contributed by atoms with Crippen molar-refractivity contribution in [1.29, 1.82) is 0 Å². The number of hydrogen-bond acceptors (Lipinski definition) is 3. The van der Waals surface area contributed by atoms with E-state index in [1.165, 1.54) is 0 Å². The Kier molecular flexibility index (Phi) is 7.54. The fourth-order valence-electron chi connectivity index (χ4n) is 2.49. The number of rotatable bonds is 6. The molecule has 21 heavy (non-hydrogen) atoms. The Balaban J connectivity index is 0.00000220. The van der Waals surface area contributed by atoms with E-state index in [4.69, 9.17) is 4.74 Å². The molecule has 5 heteroatoms. The molecule has 1 heterocycles. The monoisotopic (exact) mass is 312 g/mol. The van der Waals surface area contributed by atoms with Crippen molar-refractivity contribution in [3.05, 3.63) is 30.3 Å². The topological polar surface area (TPSA) is 41.6 Å². The van der Waals surface area contributed by atoms with Gasteiger partial charge in [0.15, 0.2) is 0 Å². The molecule has 1 aliphatic rings. The van der Waals surface area contributed by atoms with Crippen LogP contribution in [0.2, 0.25) is 0 Å². The molecule has 0 bridgehead atoms. The van der Waals surface area contributed by atoms with Crippen LogP contribution in [-0.4, -0.2) is 43.6 Å². The first kappa shape index (κ1) is 17.8. The maximum Gasteiger partial charge on any atom is 0.225 e. The standard InChI is InChI=1S/C16H24N2O2.ClH/c1-13(9-11-20-15-6-4-3-5-7-15)16(19)18(2)14-8-10-17-12-14;/h3-7,13-14,17H,8-12H2,1-2H3;1H. The normalized spacial score (nSPS) is 18.7. The Morgan fingerprint density at radius 3 is 2.76 bits per heavy atom. The highest BCUT2D eigenvalue weighted by molar-refractivity contribution is 5.85. The minimum Gasteiger partial charge on any atom is -0.494 e. The molecule has 118 valence electrons. The number of nitrogens with one attached hydrogen (secondary N) is 1. The van der Waals surface area contributed by atoms with Gasteiger partial charge < -0.3 is 15.0 Å². The molecule has 0 spiro atoms. The third kappa shape index (κ3) is 5.21. The second kappa shape index (κ2) is 8.90. The van der Waals surface area contributed by atoms with Crippen molar-refractivity contribution in [3.63, 3.8) is 0 Å². The maximum absolute atomic E-state index is 12.3. The zero-order valence-electron chi connectivity index (χ0n) is 12.7. The third-order valence-corrected chi connectivity index (χ3v) is 3.91. The van der Waals surface area contributed by atoms with Crippen molar-refractivity contribution in [3.8, 4) is 5.75 Å². The lowest BCUT2D eigenvalue weighted by atomic mass is 10.1. The average Bonchev–Trinajstić information content (AvgIpc) is 3.01. The lowest BCUT2D eigenvalue weighted by molar-refractivity contribution is -0.135. The predicted octanol–water partition coefficient (Wildman–Crippen LogP) is 2.33. The summed E-state index contributed by atoms with van der Waals surface area (Å²) in [6.45, 7) is 4.48. The van der Waals surface area contributed by atoms with E-state index in [0.29, 0.717) is 12.6 Å². The van der Waals surface area contributed by atoms with Crippen molar-refractivity contribution in [2.45, 2.75) is 25.8 Å². The SMILES string of the molecule is CC(CCOc1ccccc1)C(=O)N(C)C1CCNC1.Cl. The number of halogens is 1. The molecule has 0 aliphatic carbocycles. The fraction of sp³-hybridized carbons (Fsp3) is 0.562. The van der Waals surface area contributed by atoms with E-state index < -0.39 is 0 Å². The number of carbonyl (C=O) groups is 1. The van der Waals surface area contributed by atoms with Crippen LogP contribution in [0.15, 0.2) is 30.3 Å². The number of nitrogens with zero attached hydrogens (tertiary/aromatic N) is 1. The van der Waals surface area contributed by atoms with Gasteiger partial charge in [0.2, 0.25) is 5.91 Å². The molecule has 1 N–H and O–H groups in total. The molecule has 0 saturated carbocycles. The molecule has 1 fully saturated rings. The highest BCUT2D eigenvalue weighted by atomic mass is 35.5. The summed E-state index contributed by atoms with van der Waals surface area (Å²) in [4.78, 5) is 14.2. The summed E-state index contributed by atoms with van der Waals surface area (Å²) in [5.41, 5.74) is 0. The molecule has 1 aromatic carbocycles. The Morgan fingerprint density at radius 1 is 1.43 bits per heavy atom. The van der Waals surface area contributed by atoms with Gasteiger partial charge in [-0.15, -0.1) is 12.4 Å². The van der Waals surface area contributed by atoms with E-state index in [9.17, 15) is 4.79 Å². The molecule has 4 nitrogen and oxygen atoms in total. The molecular weight excluding hydrogens is 288 g/mol. The minimum absolute atomic E-state index is 0. The van der Waals surface area contributed by atoms with Crippen molar-refractivity contribution < 1.29 is 9.53 Å². The number of benzene rings is 1. The Hall–Kier alpha value is -1.26. The Labute approximate surface area is 133 Å². The van der Waals surface area contributed by atoms with E-state index in [1.807, 2.05) is 49.2 Å². The molecule has 1 aromatic rings. The number of likely N-dealkylation sites (N-methyl/N-ethyl adjacent to an activating group) is 1. The van der Waals surface area contributed by atoms with Gasteiger partial charge >= 0.3 is 0 Å². The van der Waals surface area contributed by atoms with Crippen LogP contribution in [0, 0.1) is 5.92 Å². The molecule has 2 rings (SSSR count). The molecular formula is C16H25ClN2O2. The van der Waals surface area contributed by atoms with Gasteiger partial charge in [-0.3, -0.25) is 4.79 Å². The van der Waals surface area contributed by atoms with Crippen LogP contribution in [0.25, 0.3) is 0 Å². The molecule has 2 atom stereocenters. The van der Waals surface area contributed by atoms with Gasteiger partial charge in [0, 0.05) is 25.6 Å². The highest BCUT2D eigenvalue weighted by Gasteiger charge is 2.26. The van der Waals surface area contributed by atoms with Gasteiger partial charge in [-0.2, -0.15) is 0 Å². The van der Waals surface area contributed by atoms with Crippen LogP contribution in [0.4, 0.5) is 0 Å². The van der Waals surface area contributed by atoms with E-state index in [2.05, 4.69) is 5.32 Å². The van der Waals surface area contributed by atoms with Gasteiger partial charge in [0.25, 0.3) is 0 Å². The fourth-order valence-corrected chi connectivity index (χ4v) is 2.49. The van der Waals surface area contributed by atoms with Crippen LogP contribution in [0.5, 0.6) is 5.75 Å². The van der Waals surface area contributed by atoms with Gasteiger partial charge in [0.1, 0.15) is 5.75 Å². The van der Waals surface area contributed by atoms with E-state index in [0.717, 1.165) is 31.7 Å². The number of para-hydroxylation sites is 1. The first-order valence-corrected chi connectivity index (χ1v) is 7.33. The molecule has 0 radical (unpaired) electrons. The number of ether oxygens (including phenoxy) is 1. The lowest BCUT2D eigenvalue weighted by Crippen LogP contribution is -2.41. The summed E-state index contributed by atoms with van der Waals surface area (Å²) in [6.07, 6.45) is 1.80. The third-order valence-electron chi connectivity index (χ3n) is 3.91. The van der Waals surface area contributed by atoms with Crippen LogP contribution in [0.3, 0.4) is 0 Å². The second-order valence-corrected chi connectivity index (χ2v) is 5.45. The summed E-state index contributed by atoms with van der Waals surface area (Å²) in [5, 5.41) is 3.29. The van der Waals surface area contributed by atoms with Gasteiger partial charge in [-0.25, -0.2) is 0 Å². The molecule has 2 unspecified atom stereocenters. The van der Waals surface area contributed by atoms with Gasteiger partial charge in [-0.1, -0.05) is 25.1 Å². The predicted molar refractivity (Wildman–Crippen MR) is 87.0 cm³/mol. The van der Waals surface area contributed by atoms with Gasteiger partial charge in [-0.05, 0) is 31.5 Å². The molecule has 1 saturated heterocycles. The summed E-state index contributed by atoms with van der Waals surface area (Å²) in [7, 11) is 1.91. The molecule has 1 amide bonds. The molecule has 1 aliphatic heterocycles. The van der Waals surface area contributed by atoms with E-state index in [1.54, 1.807) is 0 Å². The van der Waals surface area contributed by atoms with E-state index in [-0.39, 0.29) is 24.2 Å². The number of amides is 1. The van der Waals surface area contributed by atoms with Crippen molar-refractivity contribution in [2.24, 2.45) is 5.92 Å². The number of hydrogen-bond donors (Lipinski definition) is 1. The largest absolute Gasteiger partial charge is 0.494 e. The van der Waals surface area contributed by atoms with Crippen LogP contribution < -0.4 is 10.1 Å². The zero-order chi connectivity index (χ0) is 14.4. The average molecular weight is 313 g/mol. The van der Waals surface area contributed by atoms with Crippen LogP contribution in [-0.2, 0) is 4.79 Å². The minimum atomic E-state index is 0.